The highest BCUT2D eigenvalue weighted by atomic mass is 16.6. The van der Waals surface area contributed by atoms with E-state index >= 15 is 0 Å². The standard InChI is InChI=1S/C33H30O4/c1-21-15-23(11-13-31(21)36-19-25-17-34-25)33(24-12-14-32(22(2)16-24)37-20-26-18-35-26)29-9-5-3-7-27(29)28-8-4-6-10-30(28)33/h3-16,25-26H,17-20H2,1-2H3/t25-,26+. The van der Waals surface area contributed by atoms with Crippen LogP contribution in [0.1, 0.15) is 33.4 Å². The van der Waals surface area contributed by atoms with Gasteiger partial charge in [-0.15, -0.1) is 0 Å². The van der Waals surface area contributed by atoms with E-state index < -0.39 is 5.41 Å². The molecule has 1 aliphatic carbocycles. The van der Waals surface area contributed by atoms with Gasteiger partial charge in [0.05, 0.1) is 18.6 Å². The topological polar surface area (TPSA) is 43.5 Å². The van der Waals surface area contributed by atoms with Crippen molar-refractivity contribution < 1.29 is 18.9 Å². The number of hydrogen-bond acceptors (Lipinski definition) is 4. The van der Waals surface area contributed by atoms with Crippen LogP contribution in [-0.2, 0) is 14.9 Å². The number of fused-ring (bicyclic) bond motifs is 3. The van der Waals surface area contributed by atoms with Crippen LogP contribution in [-0.4, -0.2) is 38.6 Å². The second kappa shape index (κ2) is 8.76. The van der Waals surface area contributed by atoms with Crippen LogP contribution in [0.5, 0.6) is 11.5 Å². The molecule has 186 valence electrons. The molecule has 4 aromatic rings. The van der Waals surface area contributed by atoms with Crippen molar-refractivity contribution in [2.45, 2.75) is 31.5 Å². The smallest absolute Gasteiger partial charge is 0.122 e. The molecule has 0 amide bonds. The summed E-state index contributed by atoms with van der Waals surface area (Å²) in [6, 6.07) is 30.9. The van der Waals surface area contributed by atoms with Crippen molar-refractivity contribution >= 4 is 0 Å². The lowest BCUT2D eigenvalue weighted by molar-refractivity contribution is 0.261. The minimum Gasteiger partial charge on any atom is -0.491 e. The van der Waals surface area contributed by atoms with Gasteiger partial charge < -0.3 is 18.9 Å². The summed E-state index contributed by atoms with van der Waals surface area (Å²) in [5.74, 6) is 1.83. The zero-order valence-corrected chi connectivity index (χ0v) is 21.2. The van der Waals surface area contributed by atoms with E-state index in [1.165, 1.54) is 33.4 Å². The van der Waals surface area contributed by atoms with Gasteiger partial charge in [0, 0.05) is 0 Å². The fraction of sp³-hybridized carbons (Fsp3) is 0.273. The van der Waals surface area contributed by atoms with Gasteiger partial charge in [-0.05, 0) is 70.5 Å². The third-order valence-electron chi connectivity index (χ3n) is 7.82. The molecule has 0 N–H and O–H groups in total. The first kappa shape index (κ1) is 22.6. The molecular weight excluding hydrogens is 460 g/mol. The number of aryl methyl sites for hydroxylation is 2. The third kappa shape index (κ3) is 3.83. The van der Waals surface area contributed by atoms with Crippen molar-refractivity contribution in [3.05, 3.63) is 118 Å². The fourth-order valence-electron chi connectivity index (χ4n) is 5.81. The van der Waals surface area contributed by atoms with E-state index in [1.54, 1.807) is 0 Å². The maximum atomic E-state index is 6.09. The van der Waals surface area contributed by atoms with Gasteiger partial charge in [-0.1, -0.05) is 72.8 Å². The van der Waals surface area contributed by atoms with Gasteiger partial charge in [-0.25, -0.2) is 0 Å². The van der Waals surface area contributed by atoms with Crippen LogP contribution in [0.25, 0.3) is 11.1 Å². The van der Waals surface area contributed by atoms with Gasteiger partial charge in [0.15, 0.2) is 0 Å². The molecule has 7 rings (SSSR count). The van der Waals surface area contributed by atoms with Gasteiger partial charge in [-0.2, -0.15) is 0 Å². The maximum Gasteiger partial charge on any atom is 0.122 e. The first-order chi connectivity index (χ1) is 18.1. The summed E-state index contributed by atoms with van der Waals surface area (Å²) >= 11 is 0. The van der Waals surface area contributed by atoms with E-state index in [9.17, 15) is 0 Å². The van der Waals surface area contributed by atoms with Crippen LogP contribution in [0.4, 0.5) is 0 Å². The molecule has 2 fully saturated rings. The zero-order chi connectivity index (χ0) is 25.0. The Hall–Kier alpha value is -3.60. The van der Waals surface area contributed by atoms with Gasteiger partial charge >= 0.3 is 0 Å². The third-order valence-corrected chi connectivity index (χ3v) is 7.82. The van der Waals surface area contributed by atoms with Crippen LogP contribution in [0.3, 0.4) is 0 Å². The molecular formula is C33H30O4. The first-order valence-electron chi connectivity index (χ1n) is 13.0. The molecule has 2 aliphatic heterocycles. The molecule has 3 aliphatic rings. The monoisotopic (exact) mass is 490 g/mol. The van der Waals surface area contributed by atoms with E-state index in [2.05, 4.69) is 98.8 Å². The van der Waals surface area contributed by atoms with Crippen LogP contribution in [0.2, 0.25) is 0 Å². The van der Waals surface area contributed by atoms with Crippen molar-refractivity contribution in [3.8, 4) is 22.6 Å². The Labute approximate surface area is 217 Å². The predicted octanol–water partition coefficient (Wildman–Crippen LogP) is 6.22. The van der Waals surface area contributed by atoms with E-state index in [0.29, 0.717) is 13.2 Å². The molecule has 37 heavy (non-hydrogen) atoms. The van der Waals surface area contributed by atoms with Crippen LogP contribution in [0.15, 0.2) is 84.9 Å². The van der Waals surface area contributed by atoms with Gasteiger partial charge in [0.2, 0.25) is 0 Å². The normalized spacial score (nSPS) is 20.2. The lowest BCUT2D eigenvalue weighted by Gasteiger charge is -2.34. The Bertz CT molecular complexity index is 1370. The van der Waals surface area contributed by atoms with Gasteiger partial charge in [-0.3, -0.25) is 0 Å². The van der Waals surface area contributed by atoms with Crippen molar-refractivity contribution in [1.29, 1.82) is 0 Å². The molecule has 0 saturated carbocycles. The van der Waals surface area contributed by atoms with E-state index in [-0.39, 0.29) is 12.2 Å². The number of benzene rings is 4. The molecule has 4 nitrogen and oxygen atoms in total. The number of epoxide rings is 2. The summed E-state index contributed by atoms with van der Waals surface area (Å²) in [5, 5.41) is 0. The molecule has 0 unspecified atom stereocenters. The second-order valence-electron chi connectivity index (χ2n) is 10.3. The van der Waals surface area contributed by atoms with Crippen molar-refractivity contribution in [3.63, 3.8) is 0 Å². The predicted molar refractivity (Wildman–Crippen MR) is 144 cm³/mol. The highest BCUT2D eigenvalue weighted by molar-refractivity contribution is 5.86. The Morgan fingerprint density at radius 1 is 0.649 bits per heavy atom. The highest BCUT2D eigenvalue weighted by Gasteiger charge is 2.46. The maximum absolute atomic E-state index is 6.09. The summed E-state index contributed by atoms with van der Waals surface area (Å²) in [6.07, 6.45) is 0.461. The quantitative estimate of drug-likeness (QED) is 0.242. The summed E-state index contributed by atoms with van der Waals surface area (Å²) in [7, 11) is 0. The lowest BCUT2D eigenvalue weighted by atomic mass is 9.67. The highest BCUT2D eigenvalue weighted by Crippen LogP contribution is 2.56. The molecule has 2 atom stereocenters. The van der Waals surface area contributed by atoms with E-state index in [1.807, 2.05) is 0 Å². The number of hydrogen-bond donors (Lipinski definition) is 0. The average molecular weight is 491 g/mol. The molecule has 0 radical (unpaired) electrons. The largest absolute Gasteiger partial charge is 0.491 e. The van der Waals surface area contributed by atoms with Gasteiger partial charge in [0.1, 0.15) is 36.9 Å². The Morgan fingerprint density at radius 2 is 1.08 bits per heavy atom. The van der Waals surface area contributed by atoms with E-state index in [0.717, 1.165) is 35.8 Å². The molecule has 4 heteroatoms. The van der Waals surface area contributed by atoms with Crippen LogP contribution in [0, 0.1) is 13.8 Å². The molecule has 2 heterocycles. The summed E-state index contributed by atoms with van der Waals surface area (Å²) in [4.78, 5) is 0. The summed E-state index contributed by atoms with van der Waals surface area (Å²) in [5.41, 5.74) is 9.44. The zero-order valence-electron chi connectivity index (χ0n) is 21.2. The Morgan fingerprint density at radius 3 is 1.49 bits per heavy atom. The average Bonchev–Trinajstić information content (AvgIpc) is 3.85. The molecule has 0 spiro atoms. The Balaban J connectivity index is 1.40. The summed E-state index contributed by atoms with van der Waals surface area (Å²) in [6.45, 7) is 7.05. The second-order valence-corrected chi connectivity index (χ2v) is 10.3. The lowest BCUT2D eigenvalue weighted by Crippen LogP contribution is -2.29. The molecule has 4 aromatic carbocycles. The molecule has 2 saturated heterocycles. The number of rotatable bonds is 8. The molecule has 0 bridgehead atoms. The van der Waals surface area contributed by atoms with E-state index in [4.69, 9.17) is 18.9 Å². The minimum absolute atomic E-state index is 0.231. The first-order valence-corrected chi connectivity index (χ1v) is 13.0. The summed E-state index contributed by atoms with van der Waals surface area (Å²) < 4.78 is 22.9. The SMILES string of the molecule is Cc1cc(C2(c3ccc(OC[C@H]4CO4)c(C)c3)c3ccccc3-c3ccccc32)ccc1OC[C@@H]1CO1. The van der Waals surface area contributed by atoms with Gasteiger partial charge in [0.25, 0.3) is 0 Å². The Kier molecular flexibility index (Phi) is 5.35. The van der Waals surface area contributed by atoms with Crippen molar-refractivity contribution in [2.75, 3.05) is 26.4 Å². The van der Waals surface area contributed by atoms with Crippen molar-refractivity contribution in [1.82, 2.24) is 0 Å². The number of ether oxygens (including phenoxy) is 4. The fourth-order valence-corrected chi connectivity index (χ4v) is 5.81. The molecule has 0 aromatic heterocycles. The van der Waals surface area contributed by atoms with Crippen molar-refractivity contribution in [2.24, 2.45) is 0 Å². The van der Waals surface area contributed by atoms with Crippen LogP contribution < -0.4 is 9.47 Å². The van der Waals surface area contributed by atoms with Crippen LogP contribution >= 0.6 is 0 Å². The minimum atomic E-state index is -0.445.